The Hall–Kier alpha value is -0.420. The summed E-state index contributed by atoms with van der Waals surface area (Å²) in [7, 11) is 0. The highest BCUT2D eigenvalue weighted by molar-refractivity contribution is 9.10. The lowest BCUT2D eigenvalue weighted by Crippen LogP contribution is -2.40. The van der Waals surface area contributed by atoms with Crippen LogP contribution >= 0.6 is 15.9 Å². The molecule has 1 unspecified atom stereocenters. The zero-order chi connectivity index (χ0) is 15.2. The van der Waals surface area contributed by atoms with Crippen LogP contribution in [0.3, 0.4) is 0 Å². The van der Waals surface area contributed by atoms with Crippen LogP contribution in [0.2, 0.25) is 0 Å². The number of ether oxygens (including phenoxy) is 1. The molecule has 1 aliphatic rings. The summed E-state index contributed by atoms with van der Waals surface area (Å²) in [5.41, 5.74) is 2.69. The number of morpholine rings is 1. The predicted octanol–water partition coefficient (Wildman–Crippen LogP) is 3.42. The summed E-state index contributed by atoms with van der Waals surface area (Å²) in [6, 6.07) is 6.72. The second kappa shape index (κ2) is 8.28. The van der Waals surface area contributed by atoms with Gasteiger partial charge in [0.1, 0.15) is 0 Å². The van der Waals surface area contributed by atoms with Crippen molar-refractivity contribution in [2.75, 3.05) is 26.2 Å². The second-order valence-electron chi connectivity index (χ2n) is 6.37. The Morgan fingerprint density at radius 3 is 2.90 bits per heavy atom. The van der Waals surface area contributed by atoms with Gasteiger partial charge < -0.3 is 10.1 Å². The Kier molecular flexibility index (Phi) is 6.68. The molecular weight excluding hydrogens is 328 g/mol. The lowest BCUT2D eigenvalue weighted by Gasteiger charge is -2.31. The number of nitrogens with one attached hydrogen (secondary N) is 1. The maximum Gasteiger partial charge on any atom is 0.0674 e. The monoisotopic (exact) mass is 354 g/mol. The van der Waals surface area contributed by atoms with Crippen molar-refractivity contribution in [1.82, 2.24) is 10.2 Å². The maximum atomic E-state index is 5.60. The van der Waals surface area contributed by atoms with E-state index in [-0.39, 0.29) is 0 Å². The summed E-state index contributed by atoms with van der Waals surface area (Å²) >= 11 is 3.72. The largest absolute Gasteiger partial charge is 0.376 e. The van der Waals surface area contributed by atoms with Gasteiger partial charge >= 0.3 is 0 Å². The maximum absolute atomic E-state index is 5.60. The average Bonchev–Trinajstić information content (AvgIpc) is 2.41. The van der Waals surface area contributed by atoms with Crippen molar-refractivity contribution in [3.05, 3.63) is 33.8 Å². The minimum atomic E-state index is 0.344. The normalized spacial score (nSPS) is 20.1. The molecule has 1 saturated heterocycles. The van der Waals surface area contributed by atoms with E-state index < -0.39 is 0 Å². The Morgan fingerprint density at radius 2 is 2.24 bits per heavy atom. The third-order valence-electron chi connectivity index (χ3n) is 3.72. The molecule has 21 heavy (non-hydrogen) atoms. The molecule has 1 N–H and O–H groups in total. The van der Waals surface area contributed by atoms with Gasteiger partial charge in [0.25, 0.3) is 0 Å². The van der Waals surface area contributed by atoms with Gasteiger partial charge in [-0.2, -0.15) is 0 Å². The van der Waals surface area contributed by atoms with Gasteiger partial charge in [-0.25, -0.2) is 0 Å². The number of hydrogen-bond acceptors (Lipinski definition) is 3. The lowest BCUT2D eigenvalue weighted by atomic mass is 10.1. The summed E-state index contributed by atoms with van der Waals surface area (Å²) in [6.45, 7) is 12.5. The average molecular weight is 355 g/mol. The first-order valence-corrected chi connectivity index (χ1v) is 8.66. The molecule has 0 radical (unpaired) electrons. The Balaban J connectivity index is 1.89. The van der Waals surface area contributed by atoms with Gasteiger partial charge in [-0.15, -0.1) is 0 Å². The number of hydrogen-bond donors (Lipinski definition) is 1. The topological polar surface area (TPSA) is 24.5 Å². The SMILES string of the molecule is CC(C)CNCc1ccc(CN2CCOC(C)C2)c(Br)c1. The molecule has 0 aromatic heterocycles. The van der Waals surface area contributed by atoms with Gasteiger partial charge in [-0.1, -0.05) is 41.9 Å². The molecule has 4 heteroatoms. The van der Waals surface area contributed by atoms with E-state index >= 15 is 0 Å². The van der Waals surface area contributed by atoms with E-state index in [4.69, 9.17) is 4.74 Å². The Bertz CT molecular complexity index is 450. The highest BCUT2D eigenvalue weighted by Gasteiger charge is 2.17. The smallest absolute Gasteiger partial charge is 0.0674 e. The van der Waals surface area contributed by atoms with Crippen LogP contribution in [0.15, 0.2) is 22.7 Å². The molecule has 3 nitrogen and oxygen atoms in total. The molecule has 1 aromatic carbocycles. The number of rotatable bonds is 6. The highest BCUT2D eigenvalue weighted by Crippen LogP contribution is 2.21. The quantitative estimate of drug-likeness (QED) is 0.846. The van der Waals surface area contributed by atoms with Crippen molar-refractivity contribution < 1.29 is 4.74 Å². The van der Waals surface area contributed by atoms with Crippen LogP contribution in [0.25, 0.3) is 0 Å². The summed E-state index contributed by atoms with van der Waals surface area (Å²) in [6.07, 6.45) is 0.344. The molecule has 0 amide bonds. The zero-order valence-electron chi connectivity index (χ0n) is 13.4. The number of nitrogens with zero attached hydrogens (tertiary/aromatic N) is 1. The van der Waals surface area contributed by atoms with Gasteiger partial charge in [0.15, 0.2) is 0 Å². The van der Waals surface area contributed by atoms with Gasteiger partial charge in [-0.3, -0.25) is 4.90 Å². The van der Waals surface area contributed by atoms with Crippen molar-refractivity contribution in [1.29, 1.82) is 0 Å². The fraction of sp³-hybridized carbons (Fsp3) is 0.647. The van der Waals surface area contributed by atoms with Gasteiger partial charge in [0.05, 0.1) is 12.7 Å². The van der Waals surface area contributed by atoms with E-state index in [1.165, 1.54) is 15.6 Å². The fourth-order valence-electron chi connectivity index (χ4n) is 2.61. The third kappa shape index (κ3) is 5.70. The minimum Gasteiger partial charge on any atom is -0.376 e. The lowest BCUT2D eigenvalue weighted by molar-refractivity contribution is -0.0212. The van der Waals surface area contributed by atoms with Crippen LogP contribution in [-0.4, -0.2) is 37.2 Å². The van der Waals surface area contributed by atoms with Gasteiger partial charge in [0, 0.05) is 30.7 Å². The molecule has 0 saturated carbocycles. The summed E-state index contributed by atoms with van der Waals surface area (Å²) in [4.78, 5) is 2.46. The van der Waals surface area contributed by atoms with Crippen molar-refractivity contribution in [2.24, 2.45) is 5.92 Å². The van der Waals surface area contributed by atoms with Gasteiger partial charge in [-0.05, 0) is 36.6 Å². The van der Waals surface area contributed by atoms with E-state index in [9.17, 15) is 0 Å². The van der Waals surface area contributed by atoms with E-state index in [2.05, 4.69) is 65.1 Å². The van der Waals surface area contributed by atoms with E-state index in [1.807, 2.05) is 0 Å². The molecule has 2 rings (SSSR count). The van der Waals surface area contributed by atoms with E-state index in [0.717, 1.165) is 39.3 Å². The first-order chi connectivity index (χ1) is 10.0. The van der Waals surface area contributed by atoms with Crippen molar-refractivity contribution >= 4 is 15.9 Å². The minimum absolute atomic E-state index is 0.344. The number of benzene rings is 1. The highest BCUT2D eigenvalue weighted by atomic mass is 79.9. The molecule has 1 atom stereocenters. The molecule has 0 bridgehead atoms. The van der Waals surface area contributed by atoms with Crippen molar-refractivity contribution in [3.8, 4) is 0 Å². The number of halogens is 1. The predicted molar refractivity (Wildman–Crippen MR) is 91.4 cm³/mol. The third-order valence-corrected chi connectivity index (χ3v) is 4.46. The molecule has 0 aliphatic carbocycles. The molecular formula is C17H27BrN2O. The van der Waals surface area contributed by atoms with Crippen LogP contribution in [-0.2, 0) is 17.8 Å². The van der Waals surface area contributed by atoms with Crippen LogP contribution in [0.1, 0.15) is 31.9 Å². The van der Waals surface area contributed by atoms with E-state index in [1.54, 1.807) is 0 Å². The van der Waals surface area contributed by atoms with Crippen LogP contribution < -0.4 is 5.32 Å². The van der Waals surface area contributed by atoms with E-state index in [0.29, 0.717) is 12.0 Å². The first-order valence-electron chi connectivity index (χ1n) is 7.86. The van der Waals surface area contributed by atoms with Crippen molar-refractivity contribution in [3.63, 3.8) is 0 Å². The molecule has 1 heterocycles. The molecule has 118 valence electrons. The van der Waals surface area contributed by atoms with Crippen LogP contribution in [0, 0.1) is 5.92 Å². The van der Waals surface area contributed by atoms with Crippen LogP contribution in [0.4, 0.5) is 0 Å². The van der Waals surface area contributed by atoms with Gasteiger partial charge in [0.2, 0.25) is 0 Å². The van der Waals surface area contributed by atoms with Crippen LogP contribution in [0.5, 0.6) is 0 Å². The zero-order valence-corrected chi connectivity index (χ0v) is 14.9. The summed E-state index contributed by atoms with van der Waals surface area (Å²) in [5, 5.41) is 3.49. The summed E-state index contributed by atoms with van der Waals surface area (Å²) < 4.78 is 6.81. The molecule has 1 aromatic rings. The second-order valence-corrected chi connectivity index (χ2v) is 7.22. The molecule has 1 aliphatic heterocycles. The first kappa shape index (κ1) is 16.9. The molecule has 0 spiro atoms. The standard InChI is InChI=1S/C17H27BrN2O/c1-13(2)9-19-10-15-4-5-16(17(18)8-15)12-20-6-7-21-14(3)11-20/h4-5,8,13-14,19H,6-7,9-12H2,1-3H3. The summed E-state index contributed by atoms with van der Waals surface area (Å²) in [5.74, 6) is 0.691. The Labute approximate surface area is 137 Å². The molecule has 1 fully saturated rings. The Morgan fingerprint density at radius 1 is 1.43 bits per heavy atom. The van der Waals surface area contributed by atoms with Crippen molar-refractivity contribution in [2.45, 2.75) is 40.0 Å². The fourth-order valence-corrected chi connectivity index (χ4v) is 3.16.